The number of nitrogens with one attached hydrogen (secondary N) is 7. The number of rotatable bonds is 10. The first-order chi connectivity index (χ1) is 25.1. The summed E-state index contributed by atoms with van der Waals surface area (Å²) in [6.07, 6.45) is -9.93. The lowest BCUT2D eigenvalue weighted by atomic mass is 9.87. The predicted molar refractivity (Wildman–Crippen MR) is 178 cm³/mol. The van der Waals surface area contributed by atoms with Gasteiger partial charge < -0.3 is 73.6 Å². The number of ketones is 1. The minimum absolute atomic E-state index is 0.0973. The minimum atomic E-state index is -2.50. The molecule has 24 heteroatoms. The standard InChI is InChI=1S/C30H48N8O16/c1-5-17(43)32-7-13-25(48)35-14(9-39)15(41)6-12(10(2)3)24(47)37-19(21(44)22(45)23(31)46)28(51)36-18(11(4)40)27(50)33-8-16(42)26(49)38-20(30(53)54)29(52)34-13/h10-14,16,18-22,39-40,42,44-45H,5-9H2,1-4H3,(H2,31,46)(H,32,43)(H,33,50)(H,34,52)(H,35,48)(H,36,51)(H,37,47)(H,38,49)(H,53,54). The molecule has 0 saturated carbocycles. The summed E-state index contributed by atoms with van der Waals surface area (Å²) in [6.45, 7) is 2.50. The molecule has 1 aliphatic heterocycles. The molecule has 0 bridgehead atoms. The molecule has 0 aromatic carbocycles. The molecule has 1 aliphatic rings. The third kappa shape index (κ3) is 13.6. The molecule has 10 unspecified atom stereocenters. The lowest BCUT2D eigenvalue weighted by Crippen LogP contribution is -2.64. The van der Waals surface area contributed by atoms with Crippen molar-refractivity contribution in [1.29, 1.82) is 0 Å². The first-order valence-corrected chi connectivity index (χ1v) is 16.5. The summed E-state index contributed by atoms with van der Waals surface area (Å²) >= 11 is 0. The van der Waals surface area contributed by atoms with Crippen LogP contribution in [0.25, 0.3) is 0 Å². The molecule has 54 heavy (non-hydrogen) atoms. The van der Waals surface area contributed by atoms with Crippen molar-refractivity contribution in [3.8, 4) is 0 Å². The number of carbonyl (C=O) groups is 10. The highest BCUT2D eigenvalue weighted by atomic mass is 16.4. The van der Waals surface area contributed by atoms with Gasteiger partial charge in [-0.15, -0.1) is 0 Å². The molecule has 10 atom stereocenters. The van der Waals surface area contributed by atoms with Crippen LogP contribution < -0.4 is 43.0 Å². The average molecular weight is 777 g/mol. The van der Waals surface area contributed by atoms with Gasteiger partial charge in [0, 0.05) is 25.3 Å². The van der Waals surface area contributed by atoms with Gasteiger partial charge in [0.05, 0.1) is 19.3 Å². The zero-order valence-corrected chi connectivity index (χ0v) is 29.7. The number of carboxylic acid groups (broad SMARTS) is 1. The molecular weight excluding hydrogens is 728 g/mol. The van der Waals surface area contributed by atoms with Crippen molar-refractivity contribution in [1.82, 2.24) is 37.2 Å². The van der Waals surface area contributed by atoms with Crippen molar-refractivity contribution in [2.75, 3.05) is 19.7 Å². The van der Waals surface area contributed by atoms with Crippen molar-refractivity contribution in [2.45, 2.75) is 95.2 Å². The SMILES string of the molecule is CCC(=O)NCC1NC(=O)C(C(=O)O)NC(=O)C(O)CNC(=O)C(C(C)O)NC(=O)C(C(O)C(O)C(N)=O)NC(=O)C(C(C)C)CC(=O)C(CO)NC1=O. The molecule has 0 aliphatic carbocycles. The van der Waals surface area contributed by atoms with Crippen molar-refractivity contribution >= 4 is 59.0 Å². The second kappa shape index (κ2) is 21.4. The number of nitrogens with two attached hydrogens (primary N) is 1. The van der Waals surface area contributed by atoms with E-state index in [4.69, 9.17) is 5.73 Å². The van der Waals surface area contributed by atoms with Gasteiger partial charge in [0.2, 0.25) is 41.5 Å². The van der Waals surface area contributed by atoms with Gasteiger partial charge in [0.25, 0.3) is 11.8 Å². The summed E-state index contributed by atoms with van der Waals surface area (Å²) in [6, 6.07) is -10.4. The average Bonchev–Trinajstić information content (AvgIpc) is 3.10. The van der Waals surface area contributed by atoms with Crippen LogP contribution >= 0.6 is 0 Å². The number of hydrogen-bond donors (Lipinski definition) is 14. The van der Waals surface area contributed by atoms with E-state index in [1.807, 2.05) is 16.0 Å². The van der Waals surface area contributed by atoms with E-state index < -0.39 is 152 Å². The molecule has 8 amide bonds. The summed E-state index contributed by atoms with van der Waals surface area (Å²) in [7, 11) is 0. The second-order valence-corrected chi connectivity index (χ2v) is 12.6. The third-order valence-corrected chi connectivity index (χ3v) is 8.08. The molecule has 0 aromatic heterocycles. The number of carbonyl (C=O) groups excluding carboxylic acids is 9. The van der Waals surface area contributed by atoms with Crippen molar-refractivity contribution in [3.63, 3.8) is 0 Å². The van der Waals surface area contributed by atoms with Gasteiger partial charge >= 0.3 is 5.97 Å². The Morgan fingerprint density at radius 1 is 0.796 bits per heavy atom. The van der Waals surface area contributed by atoms with Gasteiger partial charge in [-0.2, -0.15) is 0 Å². The predicted octanol–water partition coefficient (Wildman–Crippen LogP) is -8.68. The van der Waals surface area contributed by atoms with Crippen LogP contribution in [0.15, 0.2) is 0 Å². The molecule has 1 fully saturated rings. The van der Waals surface area contributed by atoms with Crippen LogP contribution in [0.5, 0.6) is 0 Å². The van der Waals surface area contributed by atoms with E-state index in [0.29, 0.717) is 0 Å². The molecular formula is C30H48N8O16. The molecule has 0 spiro atoms. The maximum Gasteiger partial charge on any atom is 0.336 e. The van der Waals surface area contributed by atoms with E-state index in [9.17, 15) is 78.6 Å². The summed E-state index contributed by atoms with van der Waals surface area (Å²) < 4.78 is 0. The first kappa shape index (κ1) is 46.7. The monoisotopic (exact) mass is 776 g/mol. The highest BCUT2D eigenvalue weighted by Gasteiger charge is 2.41. The van der Waals surface area contributed by atoms with Crippen LogP contribution in [-0.2, 0) is 47.9 Å². The Balaban J connectivity index is 3.78. The Morgan fingerprint density at radius 3 is 1.87 bits per heavy atom. The van der Waals surface area contributed by atoms with E-state index in [1.165, 1.54) is 20.8 Å². The molecule has 0 aromatic rings. The lowest BCUT2D eigenvalue weighted by molar-refractivity contribution is -0.148. The number of aliphatic hydroxyl groups excluding tert-OH is 5. The van der Waals surface area contributed by atoms with Gasteiger partial charge in [-0.3, -0.25) is 43.2 Å². The van der Waals surface area contributed by atoms with Crippen molar-refractivity contribution in [2.24, 2.45) is 17.6 Å². The Kier molecular flexibility index (Phi) is 18.5. The van der Waals surface area contributed by atoms with Gasteiger partial charge in [-0.05, 0) is 12.8 Å². The number of aliphatic carboxylic acids is 1. The van der Waals surface area contributed by atoms with Crippen LogP contribution in [0.1, 0.15) is 40.5 Å². The van der Waals surface area contributed by atoms with Crippen LogP contribution in [-0.4, -0.2) is 164 Å². The Hall–Kier alpha value is -5.30. The minimum Gasteiger partial charge on any atom is -0.479 e. The van der Waals surface area contributed by atoms with Crippen molar-refractivity contribution in [3.05, 3.63) is 0 Å². The van der Waals surface area contributed by atoms with Crippen LogP contribution in [0.2, 0.25) is 0 Å². The zero-order chi connectivity index (χ0) is 41.6. The number of amides is 8. The molecule has 1 heterocycles. The summed E-state index contributed by atoms with van der Waals surface area (Å²) in [4.78, 5) is 128. The molecule has 0 radical (unpaired) electrons. The van der Waals surface area contributed by atoms with Crippen LogP contribution in [0.4, 0.5) is 0 Å². The lowest BCUT2D eigenvalue weighted by Gasteiger charge is -2.30. The number of Topliss-reactive ketones (excluding diaryl/α,β-unsaturated/α-hetero) is 1. The number of aliphatic hydroxyl groups is 5. The highest BCUT2D eigenvalue weighted by molar-refractivity contribution is 6.06. The van der Waals surface area contributed by atoms with Crippen molar-refractivity contribution < 1.29 is 78.6 Å². The maximum atomic E-state index is 13.5. The van der Waals surface area contributed by atoms with E-state index in [0.717, 1.165) is 6.92 Å². The highest BCUT2D eigenvalue weighted by Crippen LogP contribution is 2.18. The number of carboxylic acids is 1. The number of β-amino-alcohol motifs (C(OH)–C–C–N with tert-alkyl or cyclic N) is 1. The third-order valence-electron chi connectivity index (χ3n) is 8.08. The molecule has 304 valence electrons. The fraction of sp³-hybridized carbons (Fsp3) is 0.667. The molecule has 1 rings (SSSR count). The number of primary amides is 1. The topological polar surface area (TPSA) is 402 Å². The first-order valence-electron chi connectivity index (χ1n) is 16.5. The second-order valence-electron chi connectivity index (χ2n) is 12.6. The van der Waals surface area contributed by atoms with Crippen LogP contribution in [0, 0.1) is 11.8 Å². The van der Waals surface area contributed by atoms with E-state index in [2.05, 4.69) is 16.0 Å². The normalized spacial score (nSPS) is 27.6. The smallest absolute Gasteiger partial charge is 0.336 e. The molecule has 1 saturated heterocycles. The van der Waals surface area contributed by atoms with Gasteiger partial charge in [0.15, 0.2) is 11.9 Å². The van der Waals surface area contributed by atoms with Gasteiger partial charge in [0.1, 0.15) is 36.4 Å². The van der Waals surface area contributed by atoms with E-state index >= 15 is 0 Å². The largest absolute Gasteiger partial charge is 0.479 e. The zero-order valence-electron chi connectivity index (χ0n) is 29.7. The Labute approximate surface area is 307 Å². The number of hydrogen-bond acceptors (Lipinski definition) is 15. The molecule has 15 N–H and O–H groups in total. The van der Waals surface area contributed by atoms with Gasteiger partial charge in [-0.25, -0.2) is 4.79 Å². The van der Waals surface area contributed by atoms with Crippen LogP contribution in [0.3, 0.4) is 0 Å². The quantitative estimate of drug-likeness (QED) is 0.0916. The Morgan fingerprint density at radius 2 is 1.37 bits per heavy atom. The van der Waals surface area contributed by atoms with E-state index in [1.54, 1.807) is 5.32 Å². The summed E-state index contributed by atoms with van der Waals surface area (Å²) in [5.74, 6) is -15.7. The maximum absolute atomic E-state index is 13.5. The molecule has 24 nitrogen and oxygen atoms in total. The van der Waals surface area contributed by atoms with Gasteiger partial charge in [-0.1, -0.05) is 20.8 Å². The fourth-order valence-electron chi connectivity index (χ4n) is 4.74. The summed E-state index contributed by atoms with van der Waals surface area (Å²) in [5, 5.41) is 75.2. The summed E-state index contributed by atoms with van der Waals surface area (Å²) in [5.41, 5.74) is 5.05. The Bertz CT molecular complexity index is 1440. The van der Waals surface area contributed by atoms with E-state index in [-0.39, 0.29) is 6.42 Å². The fourth-order valence-corrected chi connectivity index (χ4v) is 4.74.